The Morgan fingerprint density at radius 1 is 1.13 bits per heavy atom. The van der Waals surface area contributed by atoms with E-state index in [0.29, 0.717) is 96.0 Å². The Morgan fingerprint density at radius 2 is 2.00 bits per heavy atom. The molecule has 52 heavy (non-hydrogen) atoms. The van der Waals surface area contributed by atoms with Gasteiger partial charge in [0.2, 0.25) is 11.8 Å². The summed E-state index contributed by atoms with van der Waals surface area (Å²) in [5.41, 5.74) is 2.83. The molecule has 3 fully saturated rings. The van der Waals surface area contributed by atoms with E-state index in [0.717, 1.165) is 49.7 Å². The van der Waals surface area contributed by atoms with Crippen LogP contribution in [0, 0.1) is 25.5 Å². The number of nitrogens with zero attached hydrogens (tertiary/aromatic N) is 5. The molecular weight excluding hydrogens is 669 g/mol. The van der Waals surface area contributed by atoms with E-state index in [9.17, 15) is 4.39 Å². The summed E-state index contributed by atoms with van der Waals surface area (Å²) in [4.78, 5) is 14.5. The fourth-order valence-corrected chi connectivity index (χ4v) is 8.82. The third-order valence-electron chi connectivity index (χ3n) is 11.4. The van der Waals surface area contributed by atoms with Crippen LogP contribution in [-0.2, 0) is 15.9 Å². The number of aromatic amines is 1. The lowest BCUT2D eigenvalue weighted by atomic mass is 9.90. The molecule has 1 unspecified atom stereocenters. The fraction of sp³-hybridized carbons (Fsp3) is 0.525. The number of rotatable bonds is 8. The maximum absolute atomic E-state index is 17.4. The van der Waals surface area contributed by atoms with Gasteiger partial charge in [0, 0.05) is 48.3 Å². The van der Waals surface area contributed by atoms with Crippen molar-refractivity contribution in [3.05, 3.63) is 64.2 Å². The third-order valence-corrected chi connectivity index (χ3v) is 11.4. The number of aromatic nitrogens is 3. The third kappa shape index (κ3) is 5.91. The highest BCUT2D eigenvalue weighted by Crippen LogP contribution is 2.44. The normalized spacial score (nSPS) is 24.6. The monoisotopic (exact) mass is 716 g/mol. The molecule has 3 saturated heterocycles. The lowest BCUT2D eigenvalue weighted by molar-refractivity contribution is 0.0709. The van der Waals surface area contributed by atoms with Crippen LogP contribution in [0.2, 0.25) is 0 Å². The van der Waals surface area contributed by atoms with Crippen LogP contribution in [0.3, 0.4) is 0 Å². The molecule has 12 heteroatoms. The zero-order valence-electron chi connectivity index (χ0n) is 30.5. The molecule has 2 aromatic heterocycles. The molecule has 4 aromatic rings. The van der Waals surface area contributed by atoms with Crippen molar-refractivity contribution in [2.75, 3.05) is 46.1 Å². The quantitative estimate of drug-likeness (QED) is 0.187. The molecule has 0 bridgehead atoms. The van der Waals surface area contributed by atoms with E-state index in [4.69, 9.17) is 24.2 Å². The van der Waals surface area contributed by atoms with Crippen molar-refractivity contribution in [3.8, 4) is 17.1 Å². The van der Waals surface area contributed by atoms with Gasteiger partial charge in [-0.05, 0) is 87.0 Å². The van der Waals surface area contributed by atoms with Gasteiger partial charge in [0.25, 0.3) is 0 Å². The molecule has 0 spiro atoms. The minimum absolute atomic E-state index is 0.0739. The van der Waals surface area contributed by atoms with Gasteiger partial charge in [-0.1, -0.05) is 26.3 Å². The molecule has 0 saturated carbocycles. The number of aryl methyl sites for hydroxylation is 2. The van der Waals surface area contributed by atoms with Crippen molar-refractivity contribution in [1.82, 2.24) is 25.0 Å². The topological polar surface area (TPSA) is 88.1 Å². The summed E-state index contributed by atoms with van der Waals surface area (Å²) < 4.78 is 66.5. The number of pyridine rings is 1. The number of H-pyrrole nitrogens is 1. The summed E-state index contributed by atoms with van der Waals surface area (Å²) >= 11 is 0. The number of hydrogen-bond donors (Lipinski definition) is 1. The highest BCUT2D eigenvalue weighted by Gasteiger charge is 2.49. The number of halogens is 3. The Hall–Kier alpha value is -4.16. The largest absolute Gasteiger partial charge is 0.476 e. The summed E-state index contributed by atoms with van der Waals surface area (Å²) in [6.07, 6.45) is 6.22. The van der Waals surface area contributed by atoms with Crippen LogP contribution < -0.4 is 4.74 Å². The molecule has 6 heterocycles. The number of ether oxygens (including phenoxy) is 3. The van der Waals surface area contributed by atoms with Gasteiger partial charge in [-0.15, -0.1) is 0 Å². The van der Waals surface area contributed by atoms with Crippen molar-refractivity contribution in [2.45, 2.75) is 90.4 Å². The minimum Gasteiger partial charge on any atom is -0.476 e. The van der Waals surface area contributed by atoms with Gasteiger partial charge in [0.05, 0.1) is 29.3 Å². The number of alkyl halides is 1. The molecule has 9 nitrogen and oxygen atoms in total. The number of benzene rings is 2. The van der Waals surface area contributed by atoms with Crippen LogP contribution >= 0.6 is 0 Å². The molecule has 2 aromatic carbocycles. The van der Waals surface area contributed by atoms with Gasteiger partial charge in [-0.3, -0.25) is 10.00 Å². The Bertz CT molecular complexity index is 2080. The van der Waals surface area contributed by atoms with Crippen LogP contribution in [0.5, 0.6) is 5.88 Å². The van der Waals surface area contributed by atoms with Crippen LogP contribution in [0.4, 0.5) is 13.2 Å². The van der Waals surface area contributed by atoms with Crippen LogP contribution in [0.1, 0.15) is 74.8 Å². The van der Waals surface area contributed by atoms with Crippen LogP contribution in [0.15, 0.2) is 35.2 Å². The second-order valence-electron chi connectivity index (χ2n) is 14.8. The van der Waals surface area contributed by atoms with Crippen molar-refractivity contribution >= 4 is 27.5 Å². The minimum atomic E-state index is -0.869. The highest BCUT2D eigenvalue weighted by atomic mass is 19.1. The number of fused-ring (bicyclic) bond motifs is 5. The smallest absolute Gasteiger partial charge is 0.225 e. The Kier molecular flexibility index (Phi) is 9.40. The molecule has 8 rings (SSSR count). The zero-order valence-corrected chi connectivity index (χ0v) is 30.5. The van der Waals surface area contributed by atoms with Gasteiger partial charge >= 0.3 is 0 Å². The van der Waals surface area contributed by atoms with Gasteiger partial charge < -0.3 is 19.1 Å². The number of unbranched alkanes of at least 4 members (excludes halogenated alkanes) is 1. The van der Waals surface area contributed by atoms with Crippen LogP contribution in [0.25, 0.3) is 32.9 Å². The van der Waals surface area contributed by atoms with Gasteiger partial charge in [-0.2, -0.15) is 10.1 Å². The number of nitrogens with one attached hydrogen (secondary N) is 1. The molecule has 4 aliphatic heterocycles. The maximum atomic E-state index is 17.4. The number of allylic oxidation sites excluding steroid dienone is 1. The molecule has 3 atom stereocenters. The first-order valence-electron chi connectivity index (χ1n) is 18.8. The van der Waals surface area contributed by atoms with Crippen LogP contribution in [-0.4, -0.2) is 94.6 Å². The Morgan fingerprint density at radius 3 is 2.83 bits per heavy atom. The van der Waals surface area contributed by atoms with Gasteiger partial charge in [0.15, 0.2) is 5.82 Å². The summed E-state index contributed by atoms with van der Waals surface area (Å²) in [6.45, 7) is 11.1. The predicted octanol–water partition coefficient (Wildman–Crippen LogP) is 7.70. The lowest BCUT2D eigenvalue weighted by Crippen LogP contribution is -2.44. The second-order valence-corrected chi connectivity index (χ2v) is 14.8. The average molecular weight is 717 g/mol. The molecular formula is C40H47F3N6O3. The molecule has 0 radical (unpaired) electrons. The highest BCUT2D eigenvalue weighted by molar-refractivity contribution is 6.14. The number of aliphatic imine (C=N–C) groups is 1. The van der Waals surface area contributed by atoms with E-state index in [1.807, 2.05) is 26.0 Å². The number of hydrogen-bond acceptors (Lipinski definition) is 7. The fourth-order valence-electron chi connectivity index (χ4n) is 8.82. The van der Waals surface area contributed by atoms with E-state index in [2.05, 4.69) is 26.9 Å². The molecule has 276 valence electrons. The second kappa shape index (κ2) is 14.0. The maximum Gasteiger partial charge on any atom is 0.225 e. The first kappa shape index (κ1) is 34.9. The number of amidine groups is 1. The van der Waals surface area contributed by atoms with E-state index < -0.39 is 12.0 Å². The zero-order chi connectivity index (χ0) is 36.1. The SMILES string of the molecule is CCC/C=C(/N=C1\c2c(nc(-c3c4c(CC)c(F)ccc4cc4n[nH]c(C)c34)c(F)c2C)OC[C@@H]2COCCCN12)OC[C@@]12CCCN1CC(F)C2. The summed E-state index contributed by atoms with van der Waals surface area (Å²) in [5.74, 6) is 0.287. The van der Waals surface area contributed by atoms with E-state index in [-0.39, 0.29) is 35.6 Å². The Balaban J connectivity index is 1.31. The van der Waals surface area contributed by atoms with Crippen molar-refractivity contribution in [1.29, 1.82) is 0 Å². The molecule has 0 aliphatic carbocycles. The van der Waals surface area contributed by atoms with Crippen molar-refractivity contribution in [3.63, 3.8) is 0 Å². The molecule has 1 N–H and O–H groups in total. The first-order valence-corrected chi connectivity index (χ1v) is 18.8. The molecule has 4 aliphatic rings. The Labute approximate surface area is 302 Å². The van der Waals surface area contributed by atoms with E-state index in [1.165, 1.54) is 6.07 Å². The van der Waals surface area contributed by atoms with Crippen molar-refractivity contribution < 1.29 is 27.4 Å². The predicted molar refractivity (Wildman–Crippen MR) is 196 cm³/mol. The lowest BCUT2D eigenvalue weighted by Gasteiger charge is -2.32. The summed E-state index contributed by atoms with van der Waals surface area (Å²) in [6, 6.07) is 4.86. The standard InChI is InChI=1S/C40H47F3N6O3/c1-5-7-10-31(52-22-40-13-8-14-48(40)19-26(41)18-40)44-38-32-23(3)36(43)37(45-39(32)51-21-27-20-50-16-9-15-49(27)38)35-33-24(4)46-47-30(33)17-25-11-12-29(42)28(6-2)34(25)35/h10-12,17,26-27H,5-9,13-16,18-22H2,1-4H3,(H,46,47)/b31-10-,44-38+/t26?,27-,40-/m0/s1. The average Bonchev–Trinajstić information content (AvgIpc) is 3.68. The van der Waals surface area contributed by atoms with Crippen molar-refractivity contribution in [2.24, 2.45) is 4.99 Å². The first-order chi connectivity index (χ1) is 25.2. The van der Waals surface area contributed by atoms with Gasteiger partial charge in [0.1, 0.15) is 36.7 Å². The molecule has 0 amide bonds. The van der Waals surface area contributed by atoms with E-state index in [1.54, 1.807) is 13.0 Å². The summed E-state index contributed by atoms with van der Waals surface area (Å²) in [7, 11) is 0. The van der Waals surface area contributed by atoms with Gasteiger partial charge in [-0.25, -0.2) is 18.2 Å². The summed E-state index contributed by atoms with van der Waals surface area (Å²) in [5, 5.41) is 9.59. The van der Waals surface area contributed by atoms with E-state index >= 15 is 8.78 Å².